The number of methoxy groups -OCH3 is 1. The Labute approximate surface area is 160 Å². The first kappa shape index (κ1) is 26.2. The molecule has 1 aliphatic rings. The van der Waals surface area contributed by atoms with Gasteiger partial charge in [-0.1, -0.05) is 0 Å². The number of nitrogens with one attached hydrogen (secondary N) is 1. The van der Waals surface area contributed by atoms with E-state index in [1.165, 1.54) is 5.56 Å². The third-order valence-electron chi connectivity index (χ3n) is 3.40. The van der Waals surface area contributed by atoms with Gasteiger partial charge in [-0.15, -0.1) is 0 Å². The molecular weight excluding hydrogens is 416 g/mol. The van der Waals surface area contributed by atoms with Gasteiger partial charge in [-0.3, -0.25) is 0 Å². The molecule has 0 amide bonds. The molecule has 14 heteroatoms. The van der Waals surface area contributed by atoms with E-state index in [1.54, 1.807) is 13.2 Å². The van der Waals surface area contributed by atoms with Crippen molar-refractivity contribution in [1.82, 2.24) is 10.3 Å². The number of aliphatic carboxylic acids is 2. The normalized spacial score (nSPS) is 14.6. The fourth-order valence-electron chi connectivity index (χ4n) is 2.08. The number of pyridine rings is 1. The molecule has 0 radical (unpaired) electrons. The summed E-state index contributed by atoms with van der Waals surface area (Å²) in [7, 11) is 1.68. The van der Waals surface area contributed by atoms with Crippen molar-refractivity contribution in [2.75, 3.05) is 25.9 Å². The lowest BCUT2D eigenvalue weighted by atomic mass is 9.91. The zero-order valence-corrected chi connectivity index (χ0v) is 15.0. The second kappa shape index (κ2) is 11.3. The van der Waals surface area contributed by atoms with Crippen LogP contribution in [0.4, 0.5) is 32.2 Å². The van der Waals surface area contributed by atoms with Crippen LogP contribution in [-0.4, -0.2) is 59.7 Å². The minimum Gasteiger partial charge on any atom is -0.496 e. The van der Waals surface area contributed by atoms with Gasteiger partial charge in [0.25, 0.3) is 0 Å². The first-order valence-electron chi connectivity index (χ1n) is 7.80. The Hall–Kier alpha value is -2.77. The van der Waals surface area contributed by atoms with Crippen LogP contribution in [0.25, 0.3) is 0 Å². The molecule has 2 heterocycles. The van der Waals surface area contributed by atoms with Crippen LogP contribution in [0, 0.1) is 0 Å². The highest BCUT2D eigenvalue weighted by Crippen LogP contribution is 2.32. The molecular formula is C15H19F6N3O5. The van der Waals surface area contributed by atoms with E-state index in [2.05, 4.69) is 10.3 Å². The van der Waals surface area contributed by atoms with Crippen molar-refractivity contribution >= 4 is 17.8 Å². The maximum absolute atomic E-state index is 10.6. The highest BCUT2D eigenvalue weighted by molar-refractivity contribution is 5.73. The van der Waals surface area contributed by atoms with Crippen molar-refractivity contribution in [3.63, 3.8) is 0 Å². The Bertz CT molecular complexity index is 651. The molecule has 0 atom stereocenters. The largest absolute Gasteiger partial charge is 0.496 e. The van der Waals surface area contributed by atoms with Gasteiger partial charge in [0.1, 0.15) is 11.6 Å². The van der Waals surface area contributed by atoms with Crippen LogP contribution in [0.5, 0.6) is 5.75 Å². The number of anilines is 1. The van der Waals surface area contributed by atoms with Crippen molar-refractivity contribution < 1.29 is 50.9 Å². The summed E-state index contributed by atoms with van der Waals surface area (Å²) in [6.07, 6.45) is -6.03. The number of hydrogen-bond donors (Lipinski definition) is 4. The molecule has 0 aliphatic carbocycles. The number of alkyl halides is 6. The fourth-order valence-corrected chi connectivity index (χ4v) is 2.08. The minimum atomic E-state index is -5.08. The zero-order valence-electron chi connectivity index (χ0n) is 15.0. The number of aromatic nitrogens is 1. The molecule has 8 nitrogen and oxygen atoms in total. The average molecular weight is 435 g/mol. The van der Waals surface area contributed by atoms with E-state index in [1.807, 2.05) is 6.20 Å². The van der Waals surface area contributed by atoms with Crippen LogP contribution < -0.4 is 15.8 Å². The second-order valence-electron chi connectivity index (χ2n) is 5.48. The zero-order chi connectivity index (χ0) is 22.8. The molecule has 1 aromatic rings. The summed E-state index contributed by atoms with van der Waals surface area (Å²) in [5.41, 5.74) is 6.82. The van der Waals surface area contributed by atoms with Gasteiger partial charge in [0.05, 0.1) is 7.11 Å². The third-order valence-corrected chi connectivity index (χ3v) is 3.40. The molecule has 1 fully saturated rings. The van der Waals surface area contributed by atoms with E-state index in [0.717, 1.165) is 31.7 Å². The first-order valence-corrected chi connectivity index (χ1v) is 7.80. The van der Waals surface area contributed by atoms with Crippen molar-refractivity contribution in [3.8, 4) is 5.75 Å². The number of carboxylic acid groups (broad SMARTS) is 2. The molecule has 1 aromatic heterocycles. The van der Waals surface area contributed by atoms with Crippen LogP contribution >= 0.6 is 0 Å². The molecule has 1 saturated heterocycles. The van der Waals surface area contributed by atoms with Crippen molar-refractivity contribution in [1.29, 1.82) is 0 Å². The maximum Gasteiger partial charge on any atom is 0.490 e. The van der Waals surface area contributed by atoms with E-state index in [9.17, 15) is 26.3 Å². The van der Waals surface area contributed by atoms with Crippen molar-refractivity contribution in [2.24, 2.45) is 0 Å². The molecule has 0 bridgehead atoms. The van der Waals surface area contributed by atoms with Crippen LogP contribution in [-0.2, 0) is 9.59 Å². The molecule has 2 rings (SSSR count). The number of halogens is 6. The molecule has 29 heavy (non-hydrogen) atoms. The average Bonchev–Trinajstić information content (AvgIpc) is 2.61. The summed E-state index contributed by atoms with van der Waals surface area (Å²) in [6, 6.07) is 1.80. The first-order chi connectivity index (χ1) is 13.2. The van der Waals surface area contributed by atoms with E-state index < -0.39 is 24.3 Å². The van der Waals surface area contributed by atoms with Gasteiger partial charge < -0.3 is 26.0 Å². The predicted molar refractivity (Wildman–Crippen MR) is 87.4 cm³/mol. The van der Waals surface area contributed by atoms with Crippen LogP contribution in [0.3, 0.4) is 0 Å². The van der Waals surface area contributed by atoms with E-state index in [4.69, 9.17) is 30.3 Å². The number of piperidine rings is 1. The number of nitrogens with zero attached hydrogens (tertiary/aromatic N) is 1. The molecule has 0 saturated carbocycles. The number of hydrogen-bond acceptors (Lipinski definition) is 6. The Balaban J connectivity index is 0.000000473. The van der Waals surface area contributed by atoms with Crippen LogP contribution in [0.15, 0.2) is 12.3 Å². The number of carboxylic acids is 2. The summed E-state index contributed by atoms with van der Waals surface area (Å²) in [6.45, 7) is 2.14. The Kier molecular flexibility index (Phi) is 10.2. The van der Waals surface area contributed by atoms with E-state index in [-0.39, 0.29) is 0 Å². The van der Waals surface area contributed by atoms with Crippen molar-refractivity contribution in [2.45, 2.75) is 31.1 Å². The SMILES string of the molecule is COc1cc(N)ncc1C1CCNCC1.O=C(O)C(F)(F)F.O=C(O)C(F)(F)F. The number of ether oxygens (including phenoxy) is 1. The topological polar surface area (TPSA) is 135 Å². The van der Waals surface area contributed by atoms with Gasteiger partial charge in [0.15, 0.2) is 0 Å². The number of rotatable bonds is 2. The Morgan fingerprint density at radius 2 is 1.52 bits per heavy atom. The third kappa shape index (κ3) is 10.4. The molecule has 0 spiro atoms. The summed E-state index contributed by atoms with van der Waals surface area (Å²) in [5, 5.41) is 17.6. The molecule has 0 aromatic carbocycles. The van der Waals surface area contributed by atoms with Gasteiger partial charge in [0.2, 0.25) is 0 Å². The molecule has 166 valence electrons. The van der Waals surface area contributed by atoms with Gasteiger partial charge in [-0.25, -0.2) is 14.6 Å². The summed E-state index contributed by atoms with van der Waals surface area (Å²) in [4.78, 5) is 21.9. The fraction of sp³-hybridized carbons (Fsp3) is 0.533. The van der Waals surface area contributed by atoms with Gasteiger partial charge >= 0.3 is 24.3 Å². The predicted octanol–water partition coefficient (Wildman–Crippen LogP) is 2.41. The highest BCUT2D eigenvalue weighted by atomic mass is 19.4. The molecule has 1 aliphatic heterocycles. The van der Waals surface area contributed by atoms with Crippen LogP contribution in [0.1, 0.15) is 24.3 Å². The second-order valence-corrected chi connectivity index (χ2v) is 5.48. The lowest BCUT2D eigenvalue weighted by Crippen LogP contribution is -2.26. The maximum atomic E-state index is 10.6. The monoisotopic (exact) mass is 435 g/mol. The van der Waals surface area contributed by atoms with Crippen LogP contribution in [0.2, 0.25) is 0 Å². The molecule has 5 N–H and O–H groups in total. The number of carbonyl (C=O) groups is 2. The summed E-state index contributed by atoms with van der Waals surface area (Å²) < 4.78 is 68.8. The van der Waals surface area contributed by atoms with Gasteiger partial charge in [-0.05, 0) is 31.8 Å². The van der Waals surface area contributed by atoms with E-state index in [0.29, 0.717) is 11.7 Å². The Morgan fingerprint density at radius 1 is 1.10 bits per heavy atom. The summed E-state index contributed by atoms with van der Waals surface area (Å²) in [5.74, 6) is -3.58. The molecule has 0 unspecified atom stereocenters. The van der Waals surface area contributed by atoms with E-state index >= 15 is 0 Å². The minimum absolute atomic E-state index is 0.518. The summed E-state index contributed by atoms with van der Waals surface area (Å²) >= 11 is 0. The lowest BCUT2D eigenvalue weighted by Gasteiger charge is -2.24. The standard InChI is InChI=1S/C11H17N3O.2C2HF3O2/c1-15-10-6-11(12)14-7-9(10)8-2-4-13-5-3-8;2*3-2(4,5)1(6)7/h6-8,13H,2-5H2,1H3,(H2,12,14);2*(H,6,7). The lowest BCUT2D eigenvalue weighted by molar-refractivity contribution is -0.193. The van der Waals surface area contributed by atoms with Gasteiger partial charge in [-0.2, -0.15) is 26.3 Å². The quantitative estimate of drug-likeness (QED) is 0.521. The Morgan fingerprint density at radius 3 is 1.86 bits per heavy atom. The van der Waals surface area contributed by atoms with Crippen molar-refractivity contribution in [3.05, 3.63) is 17.8 Å². The van der Waals surface area contributed by atoms with Gasteiger partial charge in [0, 0.05) is 17.8 Å². The smallest absolute Gasteiger partial charge is 0.490 e. The number of nitrogens with two attached hydrogens (primary N) is 1. The highest BCUT2D eigenvalue weighted by Gasteiger charge is 2.38. The number of nitrogen functional groups attached to an aromatic ring is 1.